The molecule has 4 nitrogen and oxygen atoms in total. The fourth-order valence-electron chi connectivity index (χ4n) is 1.98. The molecule has 0 amide bonds. The van der Waals surface area contributed by atoms with Crippen LogP contribution < -0.4 is 0 Å². The number of fused-ring (bicyclic) bond motifs is 1. The van der Waals surface area contributed by atoms with Gasteiger partial charge in [-0.1, -0.05) is 12.1 Å². The Morgan fingerprint density at radius 3 is 2.59 bits per heavy atom. The number of halogens is 1. The molecule has 0 atom stereocenters. The first-order valence-corrected chi connectivity index (χ1v) is 5.75. The molecule has 0 aliphatic carbocycles. The van der Waals surface area contributed by atoms with Gasteiger partial charge in [0.15, 0.2) is 0 Å². The maximum atomic E-state index is 11.7. The van der Waals surface area contributed by atoms with Gasteiger partial charge in [-0.25, -0.2) is 4.79 Å². The van der Waals surface area contributed by atoms with Crippen LogP contribution in [0.3, 0.4) is 0 Å². The van der Waals surface area contributed by atoms with Gasteiger partial charge in [0.05, 0.1) is 11.1 Å². The van der Waals surface area contributed by atoms with Crippen LogP contribution in [0.25, 0.3) is 10.9 Å². The number of carboxylic acid groups (broad SMARTS) is 1. The molecule has 1 aromatic heterocycles. The maximum absolute atomic E-state index is 11.7. The van der Waals surface area contributed by atoms with E-state index in [0.29, 0.717) is 11.1 Å². The van der Waals surface area contributed by atoms with Crippen molar-refractivity contribution in [3.8, 4) is 0 Å². The predicted octanol–water partition coefficient (Wildman–Crippen LogP) is 2.52. The zero-order chi connectivity index (χ0) is 12.7. The summed E-state index contributed by atoms with van der Waals surface area (Å²) in [6, 6.07) is 5.39. The Bertz CT molecular complexity index is 643. The summed E-state index contributed by atoms with van der Waals surface area (Å²) in [5.41, 5.74) is 1.74. The molecule has 1 aromatic carbocycles. The topological polar surface area (TPSA) is 59.3 Å². The fourth-order valence-corrected chi connectivity index (χ4v) is 2.61. The number of nitrogens with zero attached hydrogens (tertiary/aromatic N) is 1. The molecule has 1 N–H and O–H groups in total. The molecule has 5 heteroatoms. The highest BCUT2D eigenvalue weighted by Gasteiger charge is 2.24. The largest absolute Gasteiger partial charge is 0.475 e. The van der Waals surface area contributed by atoms with Gasteiger partial charge in [-0.15, -0.1) is 0 Å². The summed E-state index contributed by atoms with van der Waals surface area (Å²) < 4.78 is 2.65. The third kappa shape index (κ3) is 1.67. The van der Waals surface area contributed by atoms with E-state index < -0.39 is 11.8 Å². The molecule has 0 unspecified atom stereocenters. The van der Waals surface area contributed by atoms with E-state index in [1.807, 2.05) is 10.6 Å². The van der Waals surface area contributed by atoms with Gasteiger partial charge < -0.3 is 9.67 Å². The molecule has 0 aliphatic rings. The maximum Gasteiger partial charge on any atom is 0.377 e. The van der Waals surface area contributed by atoms with Gasteiger partial charge in [0, 0.05) is 22.6 Å². The number of aromatic nitrogens is 1. The van der Waals surface area contributed by atoms with Crippen LogP contribution in [0.4, 0.5) is 0 Å². The second-order valence-corrected chi connectivity index (χ2v) is 4.64. The van der Waals surface area contributed by atoms with E-state index in [0.717, 1.165) is 9.99 Å². The second-order valence-electron chi connectivity index (χ2n) is 3.79. The van der Waals surface area contributed by atoms with Crippen LogP contribution in [0.2, 0.25) is 0 Å². The summed E-state index contributed by atoms with van der Waals surface area (Å²) in [6.45, 7) is 1.74. The van der Waals surface area contributed by atoms with E-state index in [1.54, 1.807) is 26.1 Å². The van der Waals surface area contributed by atoms with Crippen LogP contribution in [0, 0.1) is 6.92 Å². The summed E-state index contributed by atoms with van der Waals surface area (Å²) in [6.07, 6.45) is 0. The summed E-state index contributed by atoms with van der Waals surface area (Å²) in [4.78, 5) is 22.5. The molecule has 0 saturated heterocycles. The third-order valence-corrected chi connectivity index (χ3v) is 3.52. The Morgan fingerprint density at radius 2 is 2.00 bits per heavy atom. The van der Waals surface area contributed by atoms with Crippen molar-refractivity contribution in [1.82, 2.24) is 4.57 Å². The quantitative estimate of drug-likeness (QED) is 0.684. The van der Waals surface area contributed by atoms with Crippen molar-refractivity contribution in [1.29, 1.82) is 0 Å². The van der Waals surface area contributed by atoms with Crippen molar-refractivity contribution in [2.45, 2.75) is 6.92 Å². The molecule has 2 rings (SSSR count). The smallest absolute Gasteiger partial charge is 0.377 e. The standard InChI is InChI=1S/C12H10BrNO3/c1-6-9(11(15)12(16)17)7-4-3-5-8(13)10(7)14(6)2/h3-5H,1-2H3,(H,16,17). The minimum atomic E-state index is -1.43. The molecule has 17 heavy (non-hydrogen) atoms. The minimum Gasteiger partial charge on any atom is -0.475 e. The monoisotopic (exact) mass is 295 g/mol. The number of carbonyl (C=O) groups is 2. The Kier molecular flexibility index (Phi) is 2.79. The summed E-state index contributed by atoms with van der Waals surface area (Å²) >= 11 is 3.40. The lowest BCUT2D eigenvalue weighted by atomic mass is 10.1. The first kappa shape index (κ1) is 11.9. The van der Waals surface area contributed by atoms with E-state index in [4.69, 9.17) is 5.11 Å². The van der Waals surface area contributed by atoms with Crippen molar-refractivity contribution in [2.75, 3.05) is 0 Å². The fraction of sp³-hybridized carbons (Fsp3) is 0.167. The van der Waals surface area contributed by atoms with Crippen molar-refractivity contribution in [3.63, 3.8) is 0 Å². The normalized spacial score (nSPS) is 10.8. The van der Waals surface area contributed by atoms with Gasteiger partial charge in [-0.3, -0.25) is 4.79 Å². The third-order valence-electron chi connectivity index (χ3n) is 2.88. The Hall–Kier alpha value is -1.62. The number of ketones is 1. The molecule has 2 aromatic rings. The highest BCUT2D eigenvalue weighted by molar-refractivity contribution is 9.10. The van der Waals surface area contributed by atoms with Crippen LogP contribution in [0.5, 0.6) is 0 Å². The Balaban J connectivity index is 2.90. The van der Waals surface area contributed by atoms with Crippen molar-refractivity contribution >= 4 is 38.6 Å². The van der Waals surface area contributed by atoms with Gasteiger partial charge in [0.2, 0.25) is 0 Å². The number of aliphatic carboxylic acids is 1. The number of Topliss-reactive ketones (excluding diaryl/α,β-unsaturated/α-hetero) is 1. The molecule has 0 aliphatic heterocycles. The van der Waals surface area contributed by atoms with E-state index in [2.05, 4.69) is 15.9 Å². The number of carbonyl (C=O) groups excluding carboxylic acids is 1. The number of hydrogen-bond acceptors (Lipinski definition) is 2. The summed E-state index contributed by atoms with van der Waals surface area (Å²) in [5.74, 6) is -2.30. The lowest BCUT2D eigenvalue weighted by molar-refractivity contribution is -0.131. The van der Waals surface area contributed by atoms with E-state index in [9.17, 15) is 9.59 Å². The van der Waals surface area contributed by atoms with Gasteiger partial charge in [0.25, 0.3) is 5.78 Å². The number of para-hydroxylation sites is 1. The summed E-state index contributed by atoms with van der Waals surface area (Å²) in [5, 5.41) is 9.49. The van der Waals surface area contributed by atoms with Crippen molar-refractivity contribution in [2.24, 2.45) is 7.05 Å². The van der Waals surface area contributed by atoms with Gasteiger partial charge in [-0.05, 0) is 28.9 Å². The van der Waals surface area contributed by atoms with Gasteiger partial charge >= 0.3 is 5.97 Å². The summed E-state index contributed by atoms with van der Waals surface area (Å²) in [7, 11) is 1.81. The van der Waals surface area contributed by atoms with Crippen molar-refractivity contribution in [3.05, 3.63) is 33.9 Å². The molecule has 0 radical (unpaired) electrons. The number of carboxylic acids is 1. The van der Waals surface area contributed by atoms with E-state index >= 15 is 0 Å². The number of rotatable bonds is 2. The first-order valence-electron chi connectivity index (χ1n) is 4.96. The second kappa shape index (κ2) is 4.00. The van der Waals surface area contributed by atoms with Crippen molar-refractivity contribution < 1.29 is 14.7 Å². The Labute approximate surface area is 106 Å². The van der Waals surface area contributed by atoms with Gasteiger partial charge in [-0.2, -0.15) is 0 Å². The molecule has 88 valence electrons. The Morgan fingerprint density at radius 1 is 1.35 bits per heavy atom. The number of benzene rings is 1. The zero-order valence-corrected chi connectivity index (χ0v) is 10.9. The van der Waals surface area contributed by atoms with Gasteiger partial charge in [0.1, 0.15) is 0 Å². The lowest BCUT2D eigenvalue weighted by Crippen LogP contribution is -2.13. The van der Waals surface area contributed by atoms with Crippen LogP contribution in [-0.2, 0) is 11.8 Å². The molecule has 0 saturated carbocycles. The highest BCUT2D eigenvalue weighted by Crippen LogP contribution is 2.30. The molecular formula is C12H10BrNO3. The molecule has 1 heterocycles. The SMILES string of the molecule is Cc1c(C(=O)C(=O)O)c2cccc(Br)c2n1C. The predicted molar refractivity (Wildman–Crippen MR) is 67.3 cm³/mol. The van der Waals surface area contributed by atoms with E-state index in [1.165, 1.54) is 0 Å². The average Bonchev–Trinajstić information content (AvgIpc) is 2.52. The molecule has 0 bridgehead atoms. The average molecular weight is 296 g/mol. The van der Waals surface area contributed by atoms with Crippen LogP contribution in [-0.4, -0.2) is 21.4 Å². The first-order chi connectivity index (χ1) is 7.95. The molecular weight excluding hydrogens is 286 g/mol. The minimum absolute atomic E-state index is 0.260. The molecule has 0 spiro atoms. The highest BCUT2D eigenvalue weighted by atomic mass is 79.9. The van der Waals surface area contributed by atoms with Crippen LogP contribution in [0.15, 0.2) is 22.7 Å². The van der Waals surface area contributed by atoms with Crippen LogP contribution in [0.1, 0.15) is 16.1 Å². The number of hydrogen-bond donors (Lipinski definition) is 1. The zero-order valence-electron chi connectivity index (χ0n) is 9.32. The lowest BCUT2D eigenvalue weighted by Gasteiger charge is -2.00. The number of aryl methyl sites for hydroxylation is 1. The van der Waals surface area contributed by atoms with Crippen LogP contribution >= 0.6 is 15.9 Å². The molecule has 0 fully saturated rings. The van der Waals surface area contributed by atoms with E-state index in [-0.39, 0.29) is 5.56 Å².